The maximum atomic E-state index is 6.10. The minimum Gasteiger partial charge on any atom is -0.453 e. The van der Waals surface area contributed by atoms with Gasteiger partial charge in [0, 0.05) is 55.6 Å². The second-order valence-electron chi connectivity index (χ2n) is 8.86. The molecule has 0 saturated heterocycles. The number of benzene rings is 2. The Bertz CT molecular complexity index is 1610. The molecule has 7 heteroatoms. The van der Waals surface area contributed by atoms with Gasteiger partial charge in [-0.25, -0.2) is 4.98 Å². The van der Waals surface area contributed by atoms with Crippen LogP contribution in [0.5, 0.6) is 0 Å². The zero-order chi connectivity index (χ0) is 24.5. The van der Waals surface area contributed by atoms with E-state index in [1.54, 1.807) is 7.05 Å². The monoisotopic (exact) mass is 476 g/mol. The summed E-state index contributed by atoms with van der Waals surface area (Å²) in [5, 5.41) is 7.69. The summed E-state index contributed by atoms with van der Waals surface area (Å²) in [6.45, 7) is 4.68. The molecule has 4 heterocycles. The van der Waals surface area contributed by atoms with Gasteiger partial charge in [-0.2, -0.15) is 0 Å². The molecular formula is C29H28N6O. The number of amidine groups is 2. The van der Waals surface area contributed by atoms with Gasteiger partial charge in [0.2, 0.25) is 0 Å². The van der Waals surface area contributed by atoms with Crippen LogP contribution in [-0.2, 0) is 0 Å². The van der Waals surface area contributed by atoms with Crippen LogP contribution in [0.25, 0.3) is 39.0 Å². The molecular weight excluding hydrogens is 448 g/mol. The van der Waals surface area contributed by atoms with Crippen molar-refractivity contribution in [2.75, 3.05) is 26.7 Å². The van der Waals surface area contributed by atoms with Gasteiger partial charge in [0.05, 0.1) is 5.69 Å². The molecule has 3 aromatic heterocycles. The van der Waals surface area contributed by atoms with Crippen LogP contribution in [0.3, 0.4) is 0 Å². The second-order valence-corrected chi connectivity index (χ2v) is 8.86. The lowest BCUT2D eigenvalue weighted by Gasteiger charge is -2.14. The van der Waals surface area contributed by atoms with Gasteiger partial charge in [-0.05, 0) is 48.7 Å². The topological polar surface area (TPSA) is 79.2 Å². The summed E-state index contributed by atoms with van der Waals surface area (Å²) in [5.41, 5.74) is 7.10. The van der Waals surface area contributed by atoms with Crippen molar-refractivity contribution in [3.63, 3.8) is 0 Å². The summed E-state index contributed by atoms with van der Waals surface area (Å²) in [4.78, 5) is 13.7. The molecule has 1 aliphatic rings. The van der Waals surface area contributed by atoms with Crippen molar-refractivity contribution in [2.24, 2.45) is 9.98 Å². The lowest BCUT2D eigenvalue weighted by Crippen LogP contribution is -2.30. The molecule has 2 aromatic carbocycles. The number of pyridine rings is 1. The molecule has 0 fully saturated rings. The highest BCUT2D eigenvalue weighted by Crippen LogP contribution is 2.29. The molecule has 2 N–H and O–H groups in total. The largest absolute Gasteiger partial charge is 0.453 e. The number of fused-ring (bicyclic) bond motifs is 2. The number of rotatable bonds is 5. The van der Waals surface area contributed by atoms with Crippen molar-refractivity contribution in [3.05, 3.63) is 84.4 Å². The van der Waals surface area contributed by atoms with Crippen molar-refractivity contribution in [2.45, 2.75) is 13.3 Å². The van der Waals surface area contributed by atoms with Gasteiger partial charge in [0.15, 0.2) is 11.6 Å². The second kappa shape index (κ2) is 9.34. The Morgan fingerprint density at radius 3 is 2.58 bits per heavy atom. The molecule has 0 radical (unpaired) electrons. The maximum Gasteiger partial charge on any atom is 0.170 e. The number of imidazole rings is 1. The van der Waals surface area contributed by atoms with Crippen molar-refractivity contribution in [1.82, 2.24) is 20.0 Å². The van der Waals surface area contributed by atoms with E-state index in [1.165, 1.54) is 0 Å². The first-order valence-electron chi connectivity index (χ1n) is 12.3. The lowest BCUT2D eigenvalue weighted by molar-refractivity contribution is 0.599. The van der Waals surface area contributed by atoms with Crippen LogP contribution in [0, 0.1) is 0 Å². The molecule has 0 bridgehead atoms. The standard InChI is InChI=1S/C29H28N6O/c1-3-31-29(30-2)26-16-22-10-9-21(15-25(22)36-26)19-5-7-20(8-6-19)24-18-35-17-23(11-12-27(35)34-24)28-32-13-4-14-33-28/h5-12,15-18H,3-4,13-14H2,1-2H3,(H,30,31)(H,32,33). The predicted octanol–water partition coefficient (Wildman–Crippen LogP) is 5.14. The third kappa shape index (κ3) is 4.13. The first-order chi connectivity index (χ1) is 17.7. The van der Waals surface area contributed by atoms with E-state index in [0.29, 0.717) is 0 Å². The molecule has 180 valence electrons. The summed E-state index contributed by atoms with van der Waals surface area (Å²) in [6, 6.07) is 21.0. The normalized spacial score (nSPS) is 14.2. The van der Waals surface area contributed by atoms with E-state index in [2.05, 4.69) is 85.9 Å². The van der Waals surface area contributed by atoms with Crippen LogP contribution in [0.2, 0.25) is 0 Å². The van der Waals surface area contributed by atoms with E-state index in [1.807, 2.05) is 19.1 Å². The number of furan rings is 1. The third-order valence-electron chi connectivity index (χ3n) is 6.46. The number of nitrogens with zero attached hydrogens (tertiary/aromatic N) is 4. The number of aliphatic imine (C=N–C) groups is 2. The average Bonchev–Trinajstić information content (AvgIpc) is 3.55. The fourth-order valence-electron chi connectivity index (χ4n) is 4.60. The maximum absolute atomic E-state index is 6.10. The van der Waals surface area contributed by atoms with Crippen molar-refractivity contribution in [3.8, 4) is 22.4 Å². The molecule has 0 aliphatic carbocycles. The summed E-state index contributed by atoms with van der Waals surface area (Å²) >= 11 is 0. The Morgan fingerprint density at radius 2 is 1.81 bits per heavy atom. The highest BCUT2D eigenvalue weighted by molar-refractivity contribution is 6.00. The molecule has 6 rings (SSSR count). The quantitative estimate of drug-likeness (QED) is 0.272. The minimum absolute atomic E-state index is 0.753. The van der Waals surface area contributed by atoms with E-state index in [-0.39, 0.29) is 0 Å². The van der Waals surface area contributed by atoms with Gasteiger partial charge in [-0.1, -0.05) is 36.4 Å². The minimum atomic E-state index is 0.753. The van der Waals surface area contributed by atoms with Gasteiger partial charge < -0.3 is 19.5 Å². The van der Waals surface area contributed by atoms with Gasteiger partial charge in [0.1, 0.15) is 17.1 Å². The van der Waals surface area contributed by atoms with Crippen LogP contribution >= 0.6 is 0 Å². The molecule has 1 aliphatic heterocycles. The number of hydrogen-bond donors (Lipinski definition) is 2. The fraction of sp³-hybridized carbons (Fsp3) is 0.207. The molecule has 0 amide bonds. The Labute approximate surface area is 209 Å². The molecule has 5 aromatic rings. The van der Waals surface area contributed by atoms with Crippen molar-refractivity contribution in [1.29, 1.82) is 0 Å². The molecule has 0 spiro atoms. The van der Waals surface area contributed by atoms with Crippen LogP contribution in [0.4, 0.5) is 0 Å². The Morgan fingerprint density at radius 1 is 1.00 bits per heavy atom. The molecule has 0 saturated carbocycles. The zero-order valence-corrected chi connectivity index (χ0v) is 20.5. The van der Waals surface area contributed by atoms with Crippen LogP contribution in [-0.4, -0.2) is 47.7 Å². The predicted molar refractivity (Wildman–Crippen MR) is 146 cm³/mol. The van der Waals surface area contributed by atoms with E-state index in [0.717, 1.165) is 88.1 Å². The number of aromatic nitrogens is 2. The molecule has 0 atom stereocenters. The van der Waals surface area contributed by atoms with Crippen LogP contribution in [0.15, 0.2) is 87.5 Å². The Balaban J connectivity index is 1.27. The smallest absolute Gasteiger partial charge is 0.170 e. The van der Waals surface area contributed by atoms with E-state index in [4.69, 9.17) is 9.40 Å². The van der Waals surface area contributed by atoms with Crippen molar-refractivity contribution < 1.29 is 4.42 Å². The molecule has 0 unspecified atom stereocenters. The van der Waals surface area contributed by atoms with Crippen molar-refractivity contribution >= 4 is 28.3 Å². The van der Waals surface area contributed by atoms with Gasteiger partial charge in [-0.15, -0.1) is 0 Å². The Kier molecular flexibility index (Phi) is 5.73. The van der Waals surface area contributed by atoms with Crippen LogP contribution in [0.1, 0.15) is 24.7 Å². The number of hydrogen-bond acceptors (Lipinski definition) is 5. The van der Waals surface area contributed by atoms with Crippen LogP contribution < -0.4 is 10.6 Å². The molecule has 36 heavy (non-hydrogen) atoms. The summed E-state index contributed by atoms with van der Waals surface area (Å²) < 4.78 is 8.17. The highest BCUT2D eigenvalue weighted by atomic mass is 16.3. The summed E-state index contributed by atoms with van der Waals surface area (Å²) in [7, 11) is 1.77. The Hall–Kier alpha value is -4.39. The third-order valence-corrected chi connectivity index (χ3v) is 6.46. The lowest BCUT2D eigenvalue weighted by atomic mass is 10.0. The highest BCUT2D eigenvalue weighted by Gasteiger charge is 2.12. The SMILES string of the molecule is CCN/C(=N\C)c1cc2ccc(-c3ccc(-c4cn5cc(C6=NCCCN6)ccc5n4)cc3)cc2o1. The van der Waals surface area contributed by atoms with Gasteiger partial charge in [0.25, 0.3) is 0 Å². The molecule has 7 nitrogen and oxygen atoms in total. The van der Waals surface area contributed by atoms with E-state index >= 15 is 0 Å². The number of nitrogens with one attached hydrogen (secondary N) is 2. The first kappa shape index (κ1) is 22.1. The van der Waals surface area contributed by atoms with Gasteiger partial charge >= 0.3 is 0 Å². The van der Waals surface area contributed by atoms with E-state index < -0.39 is 0 Å². The summed E-state index contributed by atoms with van der Waals surface area (Å²) in [6.07, 6.45) is 5.25. The van der Waals surface area contributed by atoms with E-state index in [9.17, 15) is 0 Å². The average molecular weight is 477 g/mol. The van der Waals surface area contributed by atoms with Gasteiger partial charge in [-0.3, -0.25) is 9.98 Å². The zero-order valence-electron chi connectivity index (χ0n) is 20.5. The fourth-order valence-corrected chi connectivity index (χ4v) is 4.60. The summed E-state index contributed by atoms with van der Waals surface area (Å²) in [5.74, 6) is 2.48. The first-order valence-corrected chi connectivity index (χ1v) is 12.3.